The second-order valence-electron chi connectivity index (χ2n) is 3.41. The average molecular weight is 200 g/mol. The van der Waals surface area contributed by atoms with Crippen molar-refractivity contribution in [1.82, 2.24) is 0 Å². The van der Waals surface area contributed by atoms with E-state index in [1.54, 1.807) is 0 Å². The molecule has 0 bridgehead atoms. The van der Waals surface area contributed by atoms with Gasteiger partial charge in [0.05, 0.1) is 6.54 Å². The quantitative estimate of drug-likeness (QED) is 0.483. The molecule has 0 amide bonds. The van der Waals surface area contributed by atoms with Crippen LogP contribution in [0.3, 0.4) is 0 Å². The smallest absolute Gasteiger partial charge is 0.330 e. The van der Waals surface area contributed by atoms with Gasteiger partial charge in [0.25, 0.3) is 0 Å². The molecule has 0 rings (SSSR count). The molecule has 82 valence electrons. The Morgan fingerprint density at radius 3 is 2.50 bits per heavy atom. The fourth-order valence-electron chi connectivity index (χ4n) is 1.02. The van der Waals surface area contributed by atoms with Gasteiger partial charge in [0, 0.05) is 0 Å². The van der Waals surface area contributed by atoms with Crippen molar-refractivity contribution in [2.45, 2.75) is 52.0 Å². The van der Waals surface area contributed by atoms with Crippen molar-refractivity contribution in [3.8, 4) is 0 Å². The minimum absolute atomic E-state index is 0.654. The highest BCUT2D eigenvalue weighted by molar-refractivity contribution is 5.72. The van der Waals surface area contributed by atoms with Gasteiger partial charge < -0.3 is 5.11 Å². The molecule has 1 unspecified atom stereocenters. The van der Waals surface area contributed by atoms with Crippen LogP contribution in [0.5, 0.6) is 0 Å². The summed E-state index contributed by atoms with van der Waals surface area (Å²) < 4.78 is 0. The summed E-state index contributed by atoms with van der Waals surface area (Å²) in [5.41, 5.74) is 0. The molecule has 0 aromatic heterocycles. The van der Waals surface area contributed by atoms with Gasteiger partial charge in [-0.25, -0.2) is 4.79 Å². The van der Waals surface area contributed by atoms with Crippen molar-refractivity contribution in [3.05, 3.63) is 0 Å². The first-order valence-electron chi connectivity index (χ1n) is 5.28. The Bertz CT molecular complexity index is 181. The zero-order valence-corrected chi connectivity index (χ0v) is 9.07. The SMILES string of the molecule is CCCCCCCN=NC(C)C(=O)O. The summed E-state index contributed by atoms with van der Waals surface area (Å²) in [7, 11) is 0. The maximum Gasteiger partial charge on any atom is 0.330 e. The van der Waals surface area contributed by atoms with Gasteiger partial charge in [-0.05, 0) is 13.3 Å². The molecule has 0 aliphatic carbocycles. The van der Waals surface area contributed by atoms with Crippen LogP contribution in [-0.2, 0) is 4.79 Å². The second-order valence-corrected chi connectivity index (χ2v) is 3.41. The number of unbranched alkanes of at least 4 members (excludes halogenated alkanes) is 4. The van der Waals surface area contributed by atoms with E-state index in [2.05, 4.69) is 17.2 Å². The topological polar surface area (TPSA) is 62.0 Å². The predicted octanol–water partition coefficient (Wildman–Crippen LogP) is 2.88. The third-order valence-corrected chi connectivity index (χ3v) is 1.97. The van der Waals surface area contributed by atoms with Crippen LogP contribution in [-0.4, -0.2) is 23.7 Å². The molecule has 1 N–H and O–H groups in total. The van der Waals surface area contributed by atoms with Crippen molar-refractivity contribution >= 4 is 5.97 Å². The summed E-state index contributed by atoms with van der Waals surface area (Å²) in [5, 5.41) is 16.0. The van der Waals surface area contributed by atoms with E-state index in [1.165, 1.54) is 26.2 Å². The third kappa shape index (κ3) is 7.71. The molecule has 0 heterocycles. The molecule has 0 radical (unpaired) electrons. The third-order valence-electron chi connectivity index (χ3n) is 1.97. The second kappa shape index (κ2) is 8.66. The summed E-state index contributed by atoms with van der Waals surface area (Å²) in [6.07, 6.45) is 5.91. The molecule has 0 aliphatic rings. The maximum absolute atomic E-state index is 10.4. The van der Waals surface area contributed by atoms with E-state index in [0.717, 1.165) is 12.8 Å². The molecule has 4 heteroatoms. The molecule has 0 aromatic rings. The van der Waals surface area contributed by atoms with Crippen molar-refractivity contribution < 1.29 is 9.90 Å². The van der Waals surface area contributed by atoms with Crippen molar-refractivity contribution in [1.29, 1.82) is 0 Å². The first-order chi connectivity index (χ1) is 6.68. The average Bonchev–Trinajstić information content (AvgIpc) is 2.16. The molecule has 0 aromatic carbocycles. The summed E-state index contributed by atoms with van der Waals surface area (Å²) in [6.45, 7) is 4.36. The molecule has 0 spiro atoms. The number of carboxylic acid groups (broad SMARTS) is 1. The van der Waals surface area contributed by atoms with Gasteiger partial charge in [-0.3, -0.25) is 0 Å². The fraction of sp³-hybridized carbons (Fsp3) is 0.900. The molecule has 14 heavy (non-hydrogen) atoms. The Balaban J connectivity index is 3.31. The molecular formula is C10H20N2O2. The molecule has 0 fully saturated rings. The summed E-state index contributed by atoms with van der Waals surface area (Å²) in [5.74, 6) is -0.917. The fourth-order valence-corrected chi connectivity index (χ4v) is 1.02. The first kappa shape index (κ1) is 13.1. The Kier molecular flexibility index (Phi) is 8.08. The van der Waals surface area contributed by atoms with Gasteiger partial charge in [-0.15, -0.1) is 0 Å². The van der Waals surface area contributed by atoms with E-state index < -0.39 is 12.0 Å². The van der Waals surface area contributed by atoms with Gasteiger partial charge in [0.2, 0.25) is 0 Å². The maximum atomic E-state index is 10.4. The van der Waals surface area contributed by atoms with Crippen LogP contribution >= 0.6 is 0 Å². The van der Waals surface area contributed by atoms with E-state index in [4.69, 9.17) is 5.11 Å². The molecule has 0 saturated carbocycles. The number of nitrogens with zero attached hydrogens (tertiary/aromatic N) is 2. The van der Waals surface area contributed by atoms with E-state index in [-0.39, 0.29) is 0 Å². The molecule has 0 saturated heterocycles. The number of hydrogen-bond donors (Lipinski definition) is 1. The van der Waals surface area contributed by atoms with Gasteiger partial charge in [-0.1, -0.05) is 32.6 Å². The molecule has 0 aliphatic heterocycles. The van der Waals surface area contributed by atoms with Gasteiger partial charge >= 0.3 is 5.97 Å². The number of hydrogen-bond acceptors (Lipinski definition) is 3. The van der Waals surface area contributed by atoms with Crippen LogP contribution in [0.25, 0.3) is 0 Å². The van der Waals surface area contributed by atoms with Gasteiger partial charge in [-0.2, -0.15) is 10.2 Å². The summed E-state index contributed by atoms with van der Waals surface area (Å²) in [4.78, 5) is 10.4. The highest BCUT2D eigenvalue weighted by Gasteiger charge is 2.07. The molecule has 4 nitrogen and oxygen atoms in total. The zero-order valence-electron chi connectivity index (χ0n) is 9.07. The van der Waals surface area contributed by atoms with Crippen LogP contribution in [0.2, 0.25) is 0 Å². The highest BCUT2D eigenvalue weighted by Crippen LogP contribution is 2.02. The summed E-state index contributed by atoms with van der Waals surface area (Å²) in [6, 6.07) is -0.703. The molecule has 1 atom stereocenters. The van der Waals surface area contributed by atoms with Crippen LogP contribution in [0, 0.1) is 0 Å². The monoisotopic (exact) mass is 200 g/mol. The number of azo groups is 1. The number of aliphatic carboxylic acids is 1. The predicted molar refractivity (Wildman–Crippen MR) is 55.6 cm³/mol. The van der Waals surface area contributed by atoms with Crippen LogP contribution in [0.15, 0.2) is 10.2 Å². The van der Waals surface area contributed by atoms with E-state index >= 15 is 0 Å². The standard InChI is InChI=1S/C10H20N2O2/c1-3-4-5-6-7-8-11-12-9(2)10(13)14/h9H,3-8H2,1-2H3,(H,13,14). The van der Waals surface area contributed by atoms with Gasteiger partial charge in [0.15, 0.2) is 6.04 Å². The lowest BCUT2D eigenvalue weighted by molar-refractivity contribution is -0.138. The normalized spacial score (nSPS) is 13.3. The van der Waals surface area contributed by atoms with E-state index in [0.29, 0.717) is 6.54 Å². The zero-order chi connectivity index (χ0) is 10.8. The lowest BCUT2D eigenvalue weighted by atomic mass is 10.2. The van der Waals surface area contributed by atoms with Crippen molar-refractivity contribution in [2.75, 3.05) is 6.54 Å². The van der Waals surface area contributed by atoms with E-state index in [9.17, 15) is 4.79 Å². The minimum Gasteiger partial charge on any atom is -0.480 e. The Morgan fingerprint density at radius 1 is 1.29 bits per heavy atom. The number of carboxylic acids is 1. The number of rotatable bonds is 8. The van der Waals surface area contributed by atoms with Crippen LogP contribution < -0.4 is 0 Å². The Morgan fingerprint density at radius 2 is 1.93 bits per heavy atom. The first-order valence-corrected chi connectivity index (χ1v) is 5.28. The van der Waals surface area contributed by atoms with Crippen molar-refractivity contribution in [2.24, 2.45) is 10.2 Å². The summed E-state index contributed by atoms with van der Waals surface area (Å²) >= 11 is 0. The van der Waals surface area contributed by atoms with Crippen LogP contribution in [0.1, 0.15) is 46.0 Å². The van der Waals surface area contributed by atoms with E-state index in [1.807, 2.05) is 0 Å². The minimum atomic E-state index is -0.917. The lowest BCUT2D eigenvalue weighted by Crippen LogP contribution is -2.12. The Labute approximate surface area is 85.4 Å². The lowest BCUT2D eigenvalue weighted by Gasteiger charge is -1.97. The largest absolute Gasteiger partial charge is 0.480 e. The van der Waals surface area contributed by atoms with Gasteiger partial charge in [0.1, 0.15) is 0 Å². The number of carbonyl (C=O) groups is 1. The van der Waals surface area contributed by atoms with Crippen molar-refractivity contribution in [3.63, 3.8) is 0 Å². The molecular weight excluding hydrogens is 180 g/mol. The highest BCUT2D eigenvalue weighted by atomic mass is 16.4. The Hall–Kier alpha value is -0.930. The van der Waals surface area contributed by atoms with Crippen LogP contribution in [0.4, 0.5) is 0 Å².